The van der Waals surface area contributed by atoms with Gasteiger partial charge in [0.1, 0.15) is 5.82 Å². The van der Waals surface area contributed by atoms with Crippen molar-refractivity contribution in [3.05, 3.63) is 60.2 Å². The molecule has 0 radical (unpaired) electrons. The van der Waals surface area contributed by atoms with Crippen LogP contribution in [0.5, 0.6) is 0 Å². The van der Waals surface area contributed by atoms with Gasteiger partial charge >= 0.3 is 0 Å². The minimum Gasteiger partial charge on any atom is -0.375 e. The van der Waals surface area contributed by atoms with Gasteiger partial charge in [-0.1, -0.05) is 30.3 Å². The van der Waals surface area contributed by atoms with E-state index in [1.165, 1.54) is 0 Å². The van der Waals surface area contributed by atoms with Gasteiger partial charge < -0.3 is 10.1 Å². The second-order valence-corrected chi connectivity index (χ2v) is 6.19. The van der Waals surface area contributed by atoms with Gasteiger partial charge in [0.15, 0.2) is 5.82 Å². The number of benzene rings is 1. The first-order valence-corrected chi connectivity index (χ1v) is 8.56. The zero-order valence-electron chi connectivity index (χ0n) is 14.2. The van der Waals surface area contributed by atoms with Crippen LogP contribution in [0.15, 0.2) is 48.8 Å². The van der Waals surface area contributed by atoms with E-state index in [0.717, 1.165) is 48.2 Å². The van der Waals surface area contributed by atoms with Gasteiger partial charge in [0.25, 0.3) is 0 Å². The summed E-state index contributed by atoms with van der Waals surface area (Å²) in [6.45, 7) is 4.51. The number of pyridine rings is 1. The van der Waals surface area contributed by atoms with Crippen LogP contribution in [0.25, 0.3) is 17.1 Å². The summed E-state index contributed by atoms with van der Waals surface area (Å²) in [5, 5.41) is 8.15. The standard InChI is InChI=1S/C19H21N5O/c1-14-12-20-8-7-17(14)24-18(11-16-13-21-9-10-25-16)22-19(23-24)15-5-3-2-4-6-15/h2-8,12,16,21H,9-11,13H2,1H3. The number of rotatable bonds is 4. The van der Waals surface area contributed by atoms with Crippen molar-refractivity contribution >= 4 is 0 Å². The number of nitrogens with one attached hydrogen (secondary N) is 1. The second kappa shape index (κ2) is 7.13. The minimum absolute atomic E-state index is 0.113. The summed E-state index contributed by atoms with van der Waals surface area (Å²) < 4.78 is 7.79. The van der Waals surface area contributed by atoms with Crippen molar-refractivity contribution < 1.29 is 4.74 Å². The highest BCUT2D eigenvalue weighted by atomic mass is 16.5. The molecule has 0 amide bonds. The van der Waals surface area contributed by atoms with Crippen molar-refractivity contribution in [2.75, 3.05) is 19.7 Å². The summed E-state index contributed by atoms with van der Waals surface area (Å²) in [6, 6.07) is 12.0. The molecule has 0 bridgehead atoms. The maximum absolute atomic E-state index is 5.86. The van der Waals surface area contributed by atoms with Gasteiger partial charge in [0, 0.05) is 37.5 Å². The molecular weight excluding hydrogens is 314 g/mol. The predicted octanol–water partition coefficient (Wildman–Crippen LogP) is 2.17. The quantitative estimate of drug-likeness (QED) is 0.792. The Morgan fingerprint density at radius 1 is 1.24 bits per heavy atom. The fraction of sp³-hybridized carbons (Fsp3) is 0.316. The molecule has 1 aliphatic heterocycles. The number of hydrogen-bond donors (Lipinski definition) is 1. The van der Waals surface area contributed by atoms with Gasteiger partial charge in [-0.25, -0.2) is 9.67 Å². The van der Waals surface area contributed by atoms with Crippen molar-refractivity contribution in [3.8, 4) is 17.1 Å². The zero-order chi connectivity index (χ0) is 17.1. The van der Waals surface area contributed by atoms with Gasteiger partial charge in [-0.15, -0.1) is 5.10 Å². The SMILES string of the molecule is Cc1cnccc1-n1nc(-c2ccccc2)nc1CC1CNCCO1. The monoisotopic (exact) mass is 335 g/mol. The third-order valence-corrected chi connectivity index (χ3v) is 4.34. The maximum atomic E-state index is 5.86. The van der Waals surface area contributed by atoms with Crippen molar-refractivity contribution in [1.82, 2.24) is 25.1 Å². The van der Waals surface area contributed by atoms with E-state index in [9.17, 15) is 0 Å². The van der Waals surface area contributed by atoms with E-state index in [1.807, 2.05) is 54.2 Å². The first-order chi connectivity index (χ1) is 12.3. The van der Waals surface area contributed by atoms with E-state index < -0.39 is 0 Å². The van der Waals surface area contributed by atoms with Crippen LogP contribution in [0.1, 0.15) is 11.4 Å². The lowest BCUT2D eigenvalue weighted by Gasteiger charge is -2.23. The molecule has 6 nitrogen and oxygen atoms in total. The number of hydrogen-bond acceptors (Lipinski definition) is 5. The highest BCUT2D eigenvalue weighted by Gasteiger charge is 2.20. The lowest BCUT2D eigenvalue weighted by molar-refractivity contribution is 0.0277. The molecule has 0 aliphatic carbocycles. The van der Waals surface area contributed by atoms with Crippen molar-refractivity contribution in [2.24, 2.45) is 0 Å². The van der Waals surface area contributed by atoms with Crippen LogP contribution < -0.4 is 5.32 Å². The number of nitrogens with zero attached hydrogens (tertiary/aromatic N) is 4. The van der Waals surface area contributed by atoms with E-state index in [-0.39, 0.29) is 6.10 Å². The molecule has 1 fully saturated rings. The summed E-state index contributed by atoms with van der Waals surface area (Å²) in [6.07, 6.45) is 4.47. The molecule has 1 N–H and O–H groups in total. The Morgan fingerprint density at radius 2 is 2.12 bits per heavy atom. The van der Waals surface area contributed by atoms with Gasteiger partial charge in [-0.05, 0) is 18.6 Å². The summed E-state index contributed by atoms with van der Waals surface area (Å²) >= 11 is 0. The van der Waals surface area contributed by atoms with Gasteiger partial charge in [-0.2, -0.15) is 0 Å². The van der Waals surface area contributed by atoms with E-state index in [0.29, 0.717) is 6.42 Å². The van der Waals surface area contributed by atoms with Crippen LogP contribution in [0, 0.1) is 6.92 Å². The predicted molar refractivity (Wildman–Crippen MR) is 95.6 cm³/mol. The van der Waals surface area contributed by atoms with E-state index in [1.54, 1.807) is 6.20 Å². The molecule has 2 aromatic heterocycles. The smallest absolute Gasteiger partial charge is 0.181 e. The molecule has 25 heavy (non-hydrogen) atoms. The Morgan fingerprint density at radius 3 is 2.88 bits per heavy atom. The Kier molecular flexibility index (Phi) is 4.54. The lowest BCUT2D eigenvalue weighted by atomic mass is 10.2. The molecule has 0 saturated carbocycles. The fourth-order valence-corrected chi connectivity index (χ4v) is 3.04. The summed E-state index contributed by atoms with van der Waals surface area (Å²) in [7, 11) is 0. The zero-order valence-corrected chi connectivity index (χ0v) is 14.2. The van der Waals surface area contributed by atoms with Crippen LogP contribution in [0.2, 0.25) is 0 Å². The molecule has 1 unspecified atom stereocenters. The summed E-state index contributed by atoms with van der Waals surface area (Å²) in [5.41, 5.74) is 3.08. The third-order valence-electron chi connectivity index (χ3n) is 4.34. The molecule has 6 heteroatoms. The fourth-order valence-electron chi connectivity index (χ4n) is 3.04. The number of morpholine rings is 1. The van der Waals surface area contributed by atoms with Crippen LogP contribution in [-0.4, -0.2) is 45.5 Å². The minimum atomic E-state index is 0.113. The maximum Gasteiger partial charge on any atom is 0.181 e. The van der Waals surface area contributed by atoms with Crippen molar-refractivity contribution in [1.29, 1.82) is 0 Å². The molecule has 1 aliphatic rings. The van der Waals surface area contributed by atoms with Gasteiger partial charge in [0.05, 0.1) is 18.4 Å². The van der Waals surface area contributed by atoms with E-state index >= 15 is 0 Å². The molecule has 128 valence electrons. The summed E-state index contributed by atoms with van der Waals surface area (Å²) in [4.78, 5) is 9.00. The Labute approximate surface area is 146 Å². The molecule has 4 rings (SSSR count). The normalized spacial score (nSPS) is 17.6. The molecule has 3 aromatic rings. The highest BCUT2D eigenvalue weighted by Crippen LogP contribution is 2.21. The van der Waals surface area contributed by atoms with Crippen LogP contribution in [-0.2, 0) is 11.2 Å². The lowest BCUT2D eigenvalue weighted by Crippen LogP contribution is -2.40. The Balaban J connectivity index is 1.74. The number of ether oxygens (including phenoxy) is 1. The topological polar surface area (TPSA) is 64.9 Å². The highest BCUT2D eigenvalue weighted by molar-refractivity contribution is 5.55. The average Bonchev–Trinajstić information content (AvgIpc) is 3.07. The number of aryl methyl sites for hydroxylation is 1. The molecule has 3 heterocycles. The van der Waals surface area contributed by atoms with Gasteiger partial charge in [0.2, 0.25) is 0 Å². The molecular formula is C19H21N5O. The second-order valence-electron chi connectivity index (χ2n) is 6.19. The molecule has 1 atom stereocenters. The molecule has 1 aromatic carbocycles. The van der Waals surface area contributed by atoms with Gasteiger partial charge in [-0.3, -0.25) is 4.98 Å². The first kappa shape index (κ1) is 15.9. The van der Waals surface area contributed by atoms with Crippen LogP contribution in [0.3, 0.4) is 0 Å². The molecule has 0 spiro atoms. The summed E-state index contributed by atoms with van der Waals surface area (Å²) in [5.74, 6) is 1.64. The first-order valence-electron chi connectivity index (χ1n) is 8.56. The van der Waals surface area contributed by atoms with Crippen LogP contribution in [0.4, 0.5) is 0 Å². The van der Waals surface area contributed by atoms with E-state index in [4.69, 9.17) is 14.8 Å². The number of aromatic nitrogens is 4. The average molecular weight is 335 g/mol. The Hall–Kier alpha value is -2.57. The van der Waals surface area contributed by atoms with Crippen molar-refractivity contribution in [3.63, 3.8) is 0 Å². The Bertz CT molecular complexity index is 840. The van der Waals surface area contributed by atoms with E-state index in [2.05, 4.69) is 10.3 Å². The third kappa shape index (κ3) is 3.45. The van der Waals surface area contributed by atoms with Crippen LogP contribution >= 0.6 is 0 Å². The largest absolute Gasteiger partial charge is 0.375 e. The molecule has 1 saturated heterocycles. The van der Waals surface area contributed by atoms with Crippen molar-refractivity contribution in [2.45, 2.75) is 19.4 Å².